The van der Waals surface area contributed by atoms with Crippen LogP contribution in [0.5, 0.6) is 0 Å². The average molecular weight is 181 g/mol. The van der Waals surface area contributed by atoms with Crippen molar-refractivity contribution in [3.63, 3.8) is 0 Å². The molecule has 1 aromatic rings. The summed E-state index contributed by atoms with van der Waals surface area (Å²) in [5.74, 6) is 0. The fourth-order valence-corrected chi connectivity index (χ4v) is 0.864. The zero-order valence-corrected chi connectivity index (χ0v) is 6.14. The molecule has 43 valence electrons. The van der Waals surface area contributed by atoms with Gasteiger partial charge in [-0.15, -0.1) is 0 Å². The van der Waals surface area contributed by atoms with E-state index in [4.69, 9.17) is 5.26 Å². The predicted molar refractivity (Wildman–Crippen MR) is 37.7 cm³/mol. The van der Waals surface area contributed by atoms with Crippen LogP contribution in [0.3, 0.4) is 0 Å². The van der Waals surface area contributed by atoms with Crippen LogP contribution in [-0.2, 0) is 0 Å². The van der Waals surface area contributed by atoms with Crippen molar-refractivity contribution in [3.8, 4) is 6.07 Å². The van der Waals surface area contributed by atoms with Gasteiger partial charge < -0.3 is 0 Å². The first kappa shape index (κ1) is 6.31. The van der Waals surface area contributed by atoms with Gasteiger partial charge in [0.05, 0.1) is 11.6 Å². The van der Waals surface area contributed by atoms with Crippen LogP contribution in [0.25, 0.3) is 0 Å². The van der Waals surface area contributed by atoms with Gasteiger partial charge in [0.15, 0.2) is 0 Å². The topological polar surface area (TPSA) is 23.8 Å². The third-order valence-corrected chi connectivity index (χ3v) is 1.38. The number of hydrogen-bond donors (Lipinski definition) is 0. The summed E-state index contributed by atoms with van der Waals surface area (Å²) < 4.78 is 0.915. The normalized spacial score (nSPS) is 8.44. The summed E-state index contributed by atoms with van der Waals surface area (Å²) in [5, 5.41) is 8.36. The molecule has 0 amide bonds. The van der Waals surface area contributed by atoms with Crippen molar-refractivity contribution in [2.75, 3.05) is 0 Å². The molecule has 1 nitrogen and oxygen atoms in total. The molecule has 0 aliphatic carbocycles. The Morgan fingerprint density at radius 1 is 1.67 bits per heavy atom. The zero-order valence-electron chi connectivity index (χ0n) is 4.56. The molecule has 0 aliphatic heterocycles. The van der Waals surface area contributed by atoms with Crippen LogP contribution in [0.15, 0.2) is 22.7 Å². The third-order valence-electron chi connectivity index (χ3n) is 0.884. The van der Waals surface area contributed by atoms with E-state index in [1.807, 2.05) is 12.1 Å². The molecular weight excluding hydrogens is 178 g/mol. The Labute approximate surface area is 62.1 Å². The van der Waals surface area contributed by atoms with Crippen LogP contribution >= 0.6 is 15.9 Å². The van der Waals surface area contributed by atoms with E-state index < -0.39 is 0 Å². The van der Waals surface area contributed by atoms with Crippen LogP contribution in [-0.4, -0.2) is 0 Å². The Hall–Kier alpha value is -0.810. The summed E-state index contributed by atoms with van der Waals surface area (Å²) in [5.41, 5.74) is 0.560. The van der Waals surface area contributed by atoms with Gasteiger partial charge in [-0.25, -0.2) is 0 Å². The molecule has 9 heavy (non-hydrogen) atoms. The van der Waals surface area contributed by atoms with Gasteiger partial charge in [-0.05, 0) is 12.1 Å². The molecule has 0 aliphatic rings. The van der Waals surface area contributed by atoms with Crippen molar-refractivity contribution >= 4 is 15.9 Å². The lowest BCUT2D eigenvalue weighted by Gasteiger charge is -1.86. The van der Waals surface area contributed by atoms with Crippen molar-refractivity contribution in [2.24, 2.45) is 0 Å². The first-order valence-corrected chi connectivity index (χ1v) is 3.19. The Kier molecular flexibility index (Phi) is 1.86. The smallest absolute Gasteiger partial charge is 0.0998 e. The molecule has 1 radical (unpaired) electrons. The first-order valence-electron chi connectivity index (χ1n) is 2.40. The molecule has 0 heterocycles. The number of nitriles is 1. The molecule has 0 aromatic heterocycles. The molecule has 1 aromatic carbocycles. The van der Waals surface area contributed by atoms with E-state index >= 15 is 0 Å². The van der Waals surface area contributed by atoms with Crippen molar-refractivity contribution < 1.29 is 0 Å². The lowest BCUT2D eigenvalue weighted by Crippen LogP contribution is -1.71. The van der Waals surface area contributed by atoms with Crippen LogP contribution in [0.4, 0.5) is 0 Å². The summed E-state index contributed by atoms with van der Waals surface area (Å²) in [4.78, 5) is 0. The van der Waals surface area contributed by atoms with E-state index in [1.165, 1.54) is 0 Å². The number of benzene rings is 1. The molecule has 0 unspecified atom stereocenters. The van der Waals surface area contributed by atoms with E-state index in [9.17, 15) is 0 Å². The van der Waals surface area contributed by atoms with Crippen LogP contribution in [0, 0.1) is 17.4 Å². The van der Waals surface area contributed by atoms with Gasteiger partial charge in [0, 0.05) is 10.5 Å². The molecule has 2 heteroatoms. The molecule has 0 atom stereocenters. The quantitative estimate of drug-likeness (QED) is 0.601. The van der Waals surface area contributed by atoms with Gasteiger partial charge in [-0.1, -0.05) is 22.0 Å². The average Bonchev–Trinajstić information content (AvgIpc) is 1.88. The Balaban J connectivity index is 3.12. The van der Waals surface area contributed by atoms with Crippen molar-refractivity contribution in [2.45, 2.75) is 0 Å². The lowest BCUT2D eigenvalue weighted by molar-refractivity contribution is 1.47. The maximum absolute atomic E-state index is 8.36. The number of rotatable bonds is 0. The van der Waals surface area contributed by atoms with Gasteiger partial charge in [0.2, 0.25) is 0 Å². The standard InChI is InChI=1S/C7H3BrN/c8-7-3-1-2-6(4-7)5-9/h1,3-4H. The molecule has 0 N–H and O–H groups in total. The van der Waals surface area contributed by atoms with Gasteiger partial charge in [0.25, 0.3) is 0 Å². The Morgan fingerprint density at radius 3 is 2.89 bits per heavy atom. The SMILES string of the molecule is N#Cc1[c]ccc(Br)c1. The summed E-state index contributed by atoms with van der Waals surface area (Å²) in [7, 11) is 0. The van der Waals surface area contributed by atoms with Crippen LogP contribution in [0.2, 0.25) is 0 Å². The highest BCUT2D eigenvalue weighted by Crippen LogP contribution is 2.09. The number of hydrogen-bond acceptors (Lipinski definition) is 1. The highest BCUT2D eigenvalue weighted by molar-refractivity contribution is 9.10. The lowest BCUT2D eigenvalue weighted by atomic mass is 10.2. The maximum Gasteiger partial charge on any atom is 0.0998 e. The minimum absolute atomic E-state index is 0.560. The third kappa shape index (κ3) is 1.55. The minimum Gasteiger partial charge on any atom is -0.192 e. The van der Waals surface area contributed by atoms with Gasteiger partial charge >= 0.3 is 0 Å². The minimum atomic E-state index is 0.560. The zero-order chi connectivity index (χ0) is 6.69. The van der Waals surface area contributed by atoms with Gasteiger partial charge in [-0.3, -0.25) is 0 Å². The van der Waals surface area contributed by atoms with E-state index in [-0.39, 0.29) is 0 Å². The highest BCUT2D eigenvalue weighted by atomic mass is 79.9. The van der Waals surface area contributed by atoms with Gasteiger partial charge in [0.1, 0.15) is 0 Å². The first-order chi connectivity index (χ1) is 4.33. The Morgan fingerprint density at radius 2 is 2.44 bits per heavy atom. The van der Waals surface area contributed by atoms with Crippen molar-refractivity contribution in [3.05, 3.63) is 34.3 Å². The van der Waals surface area contributed by atoms with Crippen LogP contribution < -0.4 is 0 Å². The second kappa shape index (κ2) is 2.65. The van der Waals surface area contributed by atoms with Crippen molar-refractivity contribution in [1.82, 2.24) is 0 Å². The molecule has 0 fully saturated rings. The van der Waals surface area contributed by atoms with Crippen LogP contribution in [0.1, 0.15) is 5.56 Å². The summed E-state index contributed by atoms with van der Waals surface area (Å²) in [6.45, 7) is 0. The van der Waals surface area contributed by atoms with Crippen molar-refractivity contribution in [1.29, 1.82) is 5.26 Å². The monoisotopic (exact) mass is 180 g/mol. The molecule has 0 saturated heterocycles. The summed E-state index contributed by atoms with van der Waals surface area (Å²) in [6.07, 6.45) is 0. The predicted octanol–water partition coefficient (Wildman–Crippen LogP) is 2.12. The largest absolute Gasteiger partial charge is 0.192 e. The van der Waals surface area contributed by atoms with E-state index in [1.54, 1.807) is 12.1 Å². The highest BCUT2D eigenvalue weighted by Gasteiger charge is 1.88. The Bertz CT molecular complexity index is 249. The molecule has 0 saturated carbocycles. The second-order valence-corrected chi connectivity index (χ2v) is 2.45. The maximum atomic E-state index is 8.36. The summed E-state index contributed by atoms with van der Waals surface area (Å²) >= 11 is 3.23. The molecule has 0 spiro atoms. The summed E-state index contributed by atoms with van der Waals surface area (Å²) in [6, 6.07) is 10.0. The fraction of sp³-hybridized carbons (Fsp3) is 0. The van der Waals surface area contributed by atoms with E-state index in [2.05, 4.69) is 22.0 Å². The van der Waals surface area contributed by atoms with Gasteiger partial charge in [-0.2, -0.15) is 5.26 Å². The molecule has 0 bridgehead atoms. The fourth-order valence-electron chi connectivity index (χ4n) is 0.503. The number of halogens is 1. The molecule has 1 rings (SSSR count). The molecular formula is C7H3BrN. The second-order valence-electron chi connectivity index (χ2n) is 1.53. The number of nitrogens with zero attached hydrogens (tertiary/aromatic N) is 1. The van der Waals surface area contributed by atoms with E-state index in [0.29, 0.717) is 5.56 Å². The van der Waals surface area contributed by atoms with E-state index in [0.717, 1.165) is 4.47 Å².